The quantitative estimate of drug-likeness (QED) is 0.532. The van der Waals surface area contributed by atoms with Crippen LogP contribution in [0.2, 0.25) is 0 Å². The first-order valence-electron chi connectivity index (χ1n) is 10.8. The number of allylic oxidation sites excluding steroid dienone is 6. The number of carbonyl (C=O) groups excluding carboxylic acids is 1. The summed E-state index contributed by atoms with van der Waals surface area (Å²) >= 11 is 0. The molecule has 1 aliphatic carbocycles. The van der Waals surface area contributed by atoms with Crippen molar-refractivity contribution in [3.63, 3.8) is 0 Å². The van der Waals surface area contributed by atoms with Crippen molar-refractivity contribution in [1.29, 1.82) is 0 Å². The molecule has 0 atom stereocenters. The summed E-state index contributed by atoms with van der Waals surface area (Å²) in [6, 6.07) is 16.8. The number of hydrogen-bond acceptors (Lipinski definition) is 3. The van der Waals surface area contributed by atoms with Crippen molar-refractivity contribution in [2.24, 2.45) is 0 Å². The van der Waals surface area contributed by atoms with Crippen LogP contribution < -0.4 is 9.80 Å². The normalized spacial score (nSPS) is 17.2. The number of Topliss-reactive ketones (excluding diaryl/α,β-unsaturated/α-hetero) is 1. The summed E-state index contributed by atoms with van der Waals surface area (Å²) in [5.41, 5.74) is 6.39. The first-order valence-corrected chi connectivity index (χ1v) is 10.8. The minimum atomic E-state index is 0.173. The average Bonchev–Trinajstić information content (AvgIpc) is 2.76. The molecule has 0 saturated heterocycles. The summed E-state index contributed by atoms with van der Waals surface area (Å²) in [6.07, 6.45) is 14.7. The van der Waals surface area contributed by atoms with E-state index in [9.17, 15) is 4.79 Å². The molecule has 0 aromatic heterocycles. The van der Waals surface area contributed by atoms with E-state index in [-0.39, 0.29) is 5.78 Å². The molecule has 2 aromatic carbocycles. The number of ketones is 1. The van der Waals surface area contributed by atoms with Gasteiger partial charge in [-0.15, -0.1) is 0 Å². The lowest BCUT2D eigenvalue weighted by molar-refractivity contribution is -0.113. The predicted molar refractivity (Wildman–Crippen MR) is 135 cm³/mol. The van der Waals surface area contributed by atoms with Gasteiger partial charge in [-0.2, -0.15) is 0 Å². The molecule has 0 aliphatic heterocycles. The van der Waals surface area contributed by atoms with Crippen LogP contribution in [-0.2, 0) is 4.79 Å². The summed E-state index contributed by atoms with van der Waals surface area (Å²) in [6.45, 7) is 0. The Morgan fingerprint density at radius 1 is 0.645 bits per heavy atom. The molecule has 160 valence electrons. The first kappa shape index (κ1) is 22.4. The maximum absolute atomic E-state index is 12.8. The highest BCUT2D eigenvalue weighted by Gasteiger charge is 2.19. The van der Waals surface area contributed by atoms with Crippen molar-refractivity contribution in [1.82, 2.24) is 0 Å². The number of benzene rings is 2. The number of nitrogens with zero attached hydrogens (tertiary/aromatic N) is 2. The molecule has 1 fully saturated rings. The second kappa shape index (κ2) is 10.6. The average molecular weight is 413 g/mol. The lowest BCUT2D eigenvalue weighted by Gasteiger charge is -2.15. The van der Waals surface area contributed by atoms with Gasteiger partial charge < -0.3 is 9.80 Å². The molecule has 1 saturated carbocycles. The molecule has 3 heteroatoms. The molecule has 0 amide bonds. The fraction of sp³-hybridized carbons (Fsp3) is 0.250. The zero-order chi connectivity index (χ0) is 22.2. The molecule has 0 radical (unpaired) electrons. The van der Waals surface area contributed by atoms with Gasteiger partial charge in [0, 0.05) is 39.6 Å². The van der Waals surface area contributed by atoms with Crippen molar-refractivity contribution in [3.8, 4) is 0 Å². The third-order valence-corrected chi connectivity index (χ3v) is 5.47. The molecule has 0 bridgehead atoms. The number of hydrogen-bond donors (Lipinski definition) is 0. The van der Waals surface area contributed by atoms with E-state index in [1.165, 1.54) is 11.4 Å². The van der Waals surface area contributed by atoms with Gasteiger partial charge in [0.25, 0.3) is 0 Å². The van der Waals surface area contributed by atoms with Crippen LogP contribution in [0.3, 0.4) is 0 Å². The zero-order valence-corrected chi connectivity index (χ0v) is 19.0. The molecular weight excluding hydrogens is 380 g/mol. The molecule has 0 N–H and O–H groups in total. The van der Waals surface area contributed by atoms with Gasteiger partial charge in [-0.1, -0.05) is 60.7 Å². The van der Waals surface area contributed by atoms with E-state index in [4.69, 9.17) is 0 Å². The third kappa shape index (κ3) is 6.32. The summed E-state index contributed by atoms with van der Waals surface area (Å²) in [5.74, 6) is 0.173. The highest BCUT2D eigenvalue weighted by molar-refractivity contribution is 6.09. The molecule has 3 nitrogen and oxygen atoms in total. The predicted octanol–water partition coefficient (Wildman–Crippen LogP) is 6.15. The van der Waals surface area contributed by atoms with Gasteiger partial charge in [-0.05, 0) is 65.8 Å². The molecule has 0 spiro atoms. The van der Waals surface area contributed by atoms with Gasteiger partial charge in [0.15, 0.2) is 5.78 Å². The minimum Gasteiger partial charge on any atom is -0.378 e. The van der Waals surface area contributed by atoms with Gasteiger partial charge in [0.05, 0.1) is 0 Å². The Labute approximate surface area is 186 Å². The monoisotopic (exact) mass is 412 g/mol. The zero-order valence-electron chi connectivity index (χ0n) is 19.0. The SMILES string of the molecule is CN(C)c1ccc(C=CC=C2CCCC(=CC=Cc3ccc(N(C)C)cc3)C2=O)cc1. The van der Waals surface area contributed by atoms with E-state index in [0.29, 0.717) is 0 Å². The Balaban J connectivity index is 1.64. The molecule has 3 rings (SSSR count). The highest BCUT2D eigenvalue weighted by atomic mass is 16.1. The molecule has 1 aliphatic rings. The van der Waals surface area contributed by atoms with Crippen LogP contribution in [0.5, 0.6) is 0 Å². The second-order valence-electron chi connectivity index (χ2n) is 8.26. The van der Waals surface area contributed by atoms with Crippen LogP contribution in [0.4, 0.5) is 11.4 Å². The fourth-order valence-corrected chi connectivity index (χ4v) is 3.54. The molecule has 31 heavy (non-hydrogen) atoms. The van der Waals surface area contributed by atoms with Crippen LogP contribution in [0.25, 0.3) is 12.2 Å². The molecular formula is C28H32N2O. The van der Waals surface area contributed by atoms with Crippen LogP contribution in [0, 0.1) is 0 Å². The van der Waals surface area contributed by atoms with Crippen LogP contribution in [0.1, 0.15) is 30.4 Å². The van der Waals surface area contributed by atoms with Crippen molar-refractivity contribution < 1.29 is 4.79 Å². The van der Waals surface area contributed by atoms with E-state index < -0.39 is 0 Å². The Morgan fingerprint density at radius 2 is 1.03 bits per heavy atom. The van der Waals surface area contributed by atoms with E-state index in [2.05, 4.69) is 70.5 Å². The van der Waals surface area contributed by atoms with Gasteiger partial charge in [-0.3, -0.25) is 4.79 Å². The van der Waals surface area contributed by atoms with Crippen molar-refractivity contribution in [3.05, 3.63) is 95.1 Å². The van der Waals surface area contributed by atoms with E-state index in [1.807, 2.05) is 52.5 Å². The molecule has 0 unspecified atom stereocenters. The Morgan fingerprint density at radius 3 is 1.39 bits per heavy atom. The van der Waals surface area contributed by atoms with Crippen LogP contribution in [-0.4, -0.2) is 34.0 Å². The van der Waals surface area contributed by atoms with Crippen LogP contribution in [0.15, 0.2) is 84.0 Å². The van der Waals surface area contributed by atoms with Gasteiger partial charge in [0.1, 0.15) is 0 Å². The molecule has 0 heterocycles. The third-order valence-electron chi connectivity index (χ3n) is 5.47. The number of carbonyl (C=O) groups is 1. The summed E-state index contributed by atoms with van der Waals surface area (Å²) in [4.78, 5) is 17.0. The van der Waals surface area contributed by atoms with Crippen molar-refractivity contribution in [2.45, 2.75) is 19.3 Å². The summed E-state index contributed by atoms with van der Waals surface area (Å²) < 4.78 is 0. The number of anilines is 2. The lowest BCUT2D eigenvalue weighted by atomic mass is 9.88. The largest absolute Gasteiger partial charge is 0.378 e. The Hall–Kier alpha value is -3.33. The second-order valence-corrected chi connectivity index (χ2v) is 8.26. The standard InChI is InChI=1S/C28H32N2O/c1-29(2)26-18-14-22(15-19-26)8-5-10-24-12-7-13-25(28(24)31)11-6-9-23-16-20-27(21-17-23)30(3)4/h5-6,8-11,14-21H,7,12-13H2,1-4H3. The van der Waals surface area contributed by atoms with Crippen molar-refractivity contribution >= 4 is 29.3 Å². The van der Waals surface area contributed by atoms with Crippen molar-refractivity contribution in [2.75, 3.05) is 38.0 Å². The maximum atomic E-state index is 12.8. The van der Waals surface area contributed by atoms with E-state index >= 15 is 0 Å². The minimum absolute atomic E-state index is 0.173. The smallest absolute Gasteiger partial charge is 0.184 e. The lowest BCUT2D eigenvalue weighted by Crippen LogP contribution is -2.12. The summed E-state index contributed by atoms with van der Waals surface area (Å²) in [7, 11) is 8.13. The summed E-state index contributed by atoms with van der Waals surface area (Å²) in [5, 5.41) is 0. The van der Waals surface area contributed by atoms with Gasteiger partial charge in [-0.25, -0.2) is 0 Å². The highest BCUT2D eigenvalue weighted by Crippen LogP contribution is 2.25. The topological polar surface area (TPSA) is 23.6 Å². The first-order chi connectivity index (χ1) is 14.9. The molecule has 2 aromatic rings. The maximum Gasteiger partial charge on any atom is 0.184 e. The van der Waals surface area contributed by atoms with Crippen LogP contribution >= 0.6 is 0 Å². The van der Waals surface area contributed by atoms with Gasteiger partial charge >= 0.3 is 0 Å². The van der Waals surface area contributed by atoms with Gasteiger partial charge in [0.2, 0.25) is 0 Å². The number of rotatable bonds is 6. The fourth-order valence-electron chi connectivity index (χ4n) is 3.54. The Bertz CT molecular complexity index is 922. The van der Waals surface area contributed by atoms with E-state index in [0.717, 1.165) is 41.5 Å². The Kier molecular flexibility index (Phi) is 7.66. The van der Waals surface area contributed by atoms with E-state index in [1.54, 1.807) is 0 Å².